The molecule has 7 nitrogen and oxygen atoms in total. The van der Waals surface area contributed by atoms with Crippen LogP contribution in [0.3, 0.4) is 0 Å². The summed E-state index contributed by atoms with van der Waals surface area (Å²) in [6, 6.07) is 6.40. The molecular weight excluding hydrogens is 330 g/mol. The molecule has 1 atom stereocenters. The van der Waals surface area contributed by atoms with E-state index in [1.165, 1.54) is 4.31 Å². The molecular formula is C16H21N3O4S. The molecule has 2 heterocycles. The van der Waals surface area contributed by atoms with Crippen LogP contribution in [0.2, 0.25) is 0 Å². The Kier molecular flexibility index (Phi) is 4.60. The van der Waals surface area contributed by atoms with Crippen LogP contribution < -0.4 is 10.2 Å². The van der Waals surface area contributed by atoms with Crippen LogP contribution >= 0.6 is 0 Å². The van der Waals surface area contributed by atoms with E-state index in [0.29, 0.717) is 31.5 Å². The first-order chi connectivity index (χ1) is 11.4. The zero-order valence-electron chi connectivity index (χ0n) is 13.6. The van der Waals surface area contributed by atoms with E-state index < -0.39 is 16.1 Å². The Labute approximate surface area is 141 Å². The number of hydrogen-bond acceptors (Lipinski definition) is 4. The van der Waals surface area contributed by atoms with Crippen molar-refractivity contribution < 1.29 is 18.0 Å². The topological polar surface area (TPSA) is 86.8 Å². The van der Waals surface area contributed by atoms with Gasteiger partial charge in [-0.05, 0) is 43.5 Å². The number of hydrogen-bond donors (Lipinski definition) is 1. The minimum atomic E-state index is -3.38. The highest BCUT2D eigenvalue weighted by Gasteiger charge is 2.36. The van der Waals surface area contributed by atoms with Gasteiger partial charge in [-0.3, -0.25) is 9.59 Å². The summed E-state index contributed by atoms with van der Waals surface area (Å²) < 4.78 is 24.7. The maximum Gasteiger partial charge on any atom is 0.242 e. The fourth-order valence-electron chi connectivity index (χ4n) is 3.27. The highest BCUT2D eigenvalue weighted by molar-refractivity contribution is 7.88. The molecule has 2 saturated heterocycles. The van der Waals surface area contributed by atoms with E-state index in [2.05, 4.69) is 5.32 Å². The summed E-state index contributed by atoms with van der Waals surface area (Å²) >= 11 is 0. The average molecular weight is 351 g/mol. The summed E-state index contributed by atoms with van der Waals surface area (Å²) in [4.78, 5) is 25.8. The van der Waals surface area contributed by atoms with Gasteiger partial charge in [-0.15, -0.1) is 0 Å². The first kappa shape index (κ1) is 16.9. The number of benzene rings is 1. The maximum absolute atomic E-state index is 12.4. The monoisotopic (exact) mass is 351 g/mol. The van der Waals surface area contributed by atoms with E-state index in [-0.39, 0.29) is 11.8 Å². The molecule has 0 bridgehead atoms. The summed E-state index contributed by atoms with van der Waals surface area (Å²) in [5, 5.41) is 2.77. The number of amides is 2. The van der Waals surface area contributed by atoms with Crippen LogP contribution in [0.4, 0.5) is 11.4 Å². The van der Waals surface area contributed by atoms with Crippen molar-refractivity contribution in [3.63, 3.8) is 0 Å². The zero-order chi connectivity index (χ0) is 17.3. The second-order valence-corrected chi connectivity index (χ2v) is 8.15. The molecule has 1 aromatic rings. The molecule has 3 rings (SSSR count). The third-order valence-electron chi connectivity index (χ3n) is 4.45. The molecule has 1 aromatic carbocycles. The first-order valence-corrected chi connectivity index (χ1v) is 9.89. The quantitative estimate of drug-likeness (QED) is 0.882. The van der Waals surface area contributed by atoms with E-state index in [1.54, 1.807) is 29.2 Å². The van der Waals surface area contributed by atoms with Crippen LogP contribution in [-0.2, 0) is 19.6 Å². The summed E-state index contributed by atoms with van der Waals surface area (Å²) in [7, 11) is -3.38. The Hall–Kier alpha value is -1.93. The van der Waals surface area contributed by atoms with Crippen LogP contribution in [0, 0.1) is 0 Å². The molecule has 0 spiro atoms. The van der Waals surface area contributed by atoms with Gasteiger partial charge in [0.05, 0.1) is 6.26 Å². The number of carbonyl (C=O) groups excluding carboxylic acids is 2. The molecule has 0 unspecified atom stereocenters. The van der Waals surface area contributed by atoms with E-state index in [4.69, 9.17) is 0 Å². The van der Waals surface area contributed by atoms with Crippen LogP contribution in [-0.4, -0.2) is 49.9 Å². The van der Waals surface area contributed by atoms with E-state index in [0.717, 1.165) is 24.9 Å². The first-order valence-electron chi connectivity index (χ1n) is 8.04. The lowest BCUT2D eigenvalue weighted by atomic mass is 10.2. The fourth-order valence-corrected chi connectivity index (χ4v) is 4.39. The molecule has 8 heteroatoms. The highest BCUT2D eigenvalue weighted by atomic mass is 32.2. The third kappa shape index (κ3) is 3.44. The van der Waals surface area contributed by atoms with Gasteiger partial charge in [0, 0.05) is 30.9 Å². The minimum Gasteiger partial charge on any atom is -0.325 e. The van der Waals surface area contributed by atoms with Crippen molar-refractivity contribution in [1.29, 1.82) is 0 Å². The Balaban J connectivity index is 1.67. The summed E-state index contributed by atoms with van der Waals surface area (Å²) in [5.74, 6) is -0.204. The Morgan fingerprint density at radius 3 is 2.46 bits per heavy atom. The van der Waals surface area contributed by atoms with Gasteiger partial charge < -0.3 is 10.2 Å². The highest BCUT2D eigenvalue weighted by Crippen LogP contribution is 2.25. The smallest absolute Gasteiger partial charge is 0.242 e. The maximum atomic E-state index is 12.4. The van der Waals surface area contributed by atoms with E-state index in [9.17, 15) is 18.0 Å². The van der Waals surface area contributed by atoms with Gasteiger partial charge in [0.15, 0.2) is 0 Å². The van der Waals surface area contributed by atoms with Crippen molar-refractivity contribution in [3.05, 3.63) is 24.3 Å². The van der Waals surface area contributed by atoms with Gasteiger partial charge in [0.2, 0.25) is 21.8 Å². The lowest BCUT2D eigenvalue weighted by molar-refractivity contribution is -0.119. The zero-order valence-corrected chi connectivity index (χ0v) is 14.4. The second kappa shape index (κ2) is 6.52. The van der Waals surface area contributed by atoms with Crippen LogP contribution in [0.5, 0.6) is 0 Å². The SMILES string of the molecule is CS(=O)(=O)N1CCC[C@H]1C(=O)Nc1ccc(N2CCCC2=O)cc1. The van der Waals surface area contributed by atoms with Crippen molar-refractivity contribution in [1.82, 2.24) is 4.31 Å². The standard InChI is InChI=1S/C16H21N3O4S/c1-24(22,23)19-11-2-4-14(19)16(21)17-12-6-8-13(9-7-12)18-10-3-5-15(18)20/h6-9,14H,2-5,10-11H2,1H3,(H,17,21)/t14-/m0/s1. The van der Waals surface area contributed by atoms with Gasteiger partial charge in [-0.1, -0.05) is 0 Å². The Morgan fingerprint density at radius 2 is 1.88 bits per heavy atom. The number of nitrogens with zero attached hydrogens (tertiary/aromatic N) is 2. The second-order valence-electron chi connectivity index (χ2n) is 6.22. The number of anilines is 2. The predicted molar refractivity (Wildman–Crippen MR) is 91.2 cm³/mol. The van der Waals surface area contributed by atoms with Gasteiger partial charge >= 0.3 is 0 Å². The van der Waals surface area contributed by atoms with Gasteiger partial charge in [0.25, 0.3) is 0 Å². The average Bonchev–Trinajstić information content (AvgIpc) is 3.16. The number of nitrogens with one attached hydrogen (secondary N) is 1. The Morgan fingerprint density at radius 1 is 1.17 bits per heavy atom. The molecule has 2 aliphatic heterocycles. The minimum absolute atomic E-state index is 0.113. The third-order valence-corrected chi connectivity index (χ3v) is 5.74. The van der Waals surface area contributed by atoms with Crippen LogP contribution in [0.1, 0.15) is 25.7 Å². The van der Waals surface area contributed by atoms with Gasteiger partial charge in [-0.25, -0.2) is 8.42 Å². The van der Waals surface area contributed by atoms with E-state index in [1.807, 2.05) is 0 Å². The van der Waals surface area contributed by atoms with Crippen molar-refractivity contribution >= 4 is 33.2 Å². The molecule has 2 aliphatic rings. The molecule has 24 heavy (non-hydrogen) atoms. The lowest BCUT2D eigenvalue weighted by Gasteiger charge is -2.21. The molecule has 1 N–H and O–H groups in total. The molecule has 0 aromatic heterocycles. The predicted octanol–water partition coefficient (Wildman–Crippen LogP) is 1.18. The Bertz CT molecular complexity index is 745. The van der Waals surface area contributed by atoms with Crippen molar-refractivity contribution in [2.75, 3.05) is 29.6 Å². The number of carbonyl (C=O) groups is 2. The fraction of sp³-hybridized carbons (Fsp3) is 0.500. The normalized spacial score (nSPS) is 22.1. The van der Waals surface area contributed by atoms with Crippen molar-refractivity contribution in [3.8, 4) is 0 Å². The lowest BCUT2D eigenvalue weighted by Crippen LogP contribution is -2.42. The number of sulfonamides is 1. The van der Waals surface area contributed by atoms with Gasteiger partial charge in [0.1, 0.15) is 6.04 Å². The molecule has 130 valence electrons. The summed E-state index contributed by atoms with van der Waals surface area (Å²) in [6.45, 7) is 1.10. The molecule has 2 amide bonds. The molecule has 0 radical (unpaired) electrons. The van der Waals surface area contributed by atoms with E-state index >= 15 is 0 Å². The summed E-state index contributed by atoms with van der Waals surface area (Å²) in [6.07, 6.45) is 3.77. The van der Waals surface area contributed by atoms with Crippen LogP contribution in [0.25, 0.3) is 0 Å². The molecule has 2 fully saturated rings. The molecule has 0 aliphatic carbocycles. The van der Waals surface area contributed by atoms with Crippen molar-refractivity contribution in [2.45, 2.75) is 31.7 Å². The van der Waals surface area contributed by atoms with Crippen LogP contribution in [0.15, 0.2) is 24.3 Å². The van der Waals surface area contributed by atoms with Crippen molar-refractivity contribution in [2.24, 2.45) is 0 Å². The largest absolute Gasteiger partial charge is 0.325 e. The van der Waals surface area contributed by atoms with Gasteiger partial charge in [-0.2, -0.15) is 4.31 Å². The summed E-state index contributed by atoms with van der Waals surface area (Å²) in [5.41, 5.74) is 1.41. The number of rotatable bonds is 4. The molecule has 0 saturated carbocycles.